The zero-order valence-electron chi connectivity index (χ0n) is 15.6. The van der Waals surface area contributed by atoms with Gasteiger partial charge in [0.15, 0.2) is 5.78 Å². The molecule has 0 fully saturated rings. The van der Waals surface area contributed by atoms with Crippen LogP contribution in [0.25, 0.3) is 0 Å². The van der Waals surface area contributed by atoms with Crippen LogP contribution >= 0.6 is 0 Å². The Hall–Kier alpha value is -2.65. The molecule has 2 aromatic carbocycles. The van der Waals surface area contributed by atoms with Gasteiger partial charge in [-0.15, -0.1) is 0 Å². The van der Waals surface area contributed by atoms with Gasteiger partial charge < -0.3 is 5.73 Å². The van der Waals surface area contributed by atoms with Gasteiger partial charge in [0, 0.05) is 22.7 Å². The molecule has 0 aliphatic heterocycles. The van der Waals surface area contributed by atoms with Crippen LogP contribution in [0.4, 0.5) is 0 Å². The lowest BCUT2D eigenvalue weighted by Crippen LogP contribution is -2.60. The number of allylic oxidation sites excluding steroid dienone is 2. The van der Waals surface area contributed by atoms with Crippen molar-refractivity contribution in [2.45, 2.75) is 31.8 Å². The quantitative estimate of drug-likeness (QED) is 0.799. The van der Waals surface area contributed by atoms with Gasteiger partial charge in [0.25, 0.3) is 0 Å². The topological polar surface area (TPSA) is 55.1 Å². The van der Waals surface area contributed by atoms with E-state index in [9.17, 15) is 4.79 Å². The van der Waals surface area contributed by atoms with Crippen molar-refractivity contribution in [2.75, 3.05) is 0 Å². The van der Waals surface area contributed by atoms with E-state index < -0.39 is 11.1 Å². The second-order valence-corrected chi connectivity index (χ2v) is 7.34. The van der Waals surface area contributed by atoms with Crippen molar-refractivity contribution in [3.05, 3.63) is 95.7 Å². The number of Topliss-reactive ketones (excluding diaryl/α,β-unsaturated/α-hetero) is 1. The van der Waals surface area contributed by atoms with Gasteiger partial charge in [-0.3, -0.25) is 10.1 Å². The normalized spacial score (nSPS) is 24.6. The van der Waals surface area contributed by atoms with Crippen molar-refractivity contribution >= 4 is 5.78 Å². The van der Waals surface area contributed by atoms with Gasteiger partial charge in [0.2, 0.25) is 0 Å². The number of carbonyl (C=O) groups excluding carboxylic acids is 1. The standard InChI is InChI=1S/C23H26N2O/c1-17-20(24)15-10-16-22(17,2)25-23(3,19-13-8-5-9-14-19)21(26)18-11-6-4-7-12-18/h4-17,25H,24H2,1-3H3. The van der Waals surface area contributed by atoms with Crippen LogP contribution in [0.1, 0.15) is 36.7 Å². The van der Waals surface area contributed by atoms with Crippen molar-refractivity contribution in [3.63, 3.8) is 0 Å². The van der Waals surface area contributed by atoms with Gasteiger partial charge >= 0.3 is 0 Å². The van der Waals surface area contributed by atoms with Crippen LogP contribution in [0.15, 0.2) is 84.6 Å². The molecule has 0 bridgehead atoms. The maximum absolute atomic E-state index is 13.5. The van der Waals surface area contributed by atoms with Crippen LogP contribution in [0.5, 0.6) is 0 Å². The summed E-state index contributed by atoms with van der Waals surface area (Å²) in [6.45, 7) is 6.13. The van der Waals surface area contributed by atoms with Crippen LogP contribution in [0.3, 0.4) is 0 Å². The molecule has 3 nitrogen and oxygen atoms in total. The van der Waals surface area contributed by atoms with E-state index in [0.717, 1.165) is 11.3 Å². The van der Waals surface area contributed by atoms with E-state index in [4.69, 9.17) is 5.73 Å². The first-order valence-corrected chi connectivity index (χ1v) is 8.96. The molecule has 26 heavy (non-hydrogen) atoms. The third kappa shape index (κ3) is 3.23. The van der Waals surface area contributed by atoms with Crippen molar-refractivity contribution in [1.82, 2.24) is 5.32 Å². The van der Waals surface area contributed by atoms with Crippen LogP contribution in [0.2, 0.25) is 0 Å². The average molecular weight is 346 g/mol. The molecule has 0 radical (unpaired) electrons. The Bertz CT molecular complexity index is 841. The smallest absolute Gasteiger partial charge is 0.187 e. The SMILES string of the molecule is CC1C(N)=CC=CC1(C)NC(C)(C(=O)c1ccccc1)c1ccccc1. The minimum atomic E-state index is -0.881. The molecule has 0 spiro atoms. The molecule has 1 aliphatic carbocycles. The number of hydrogen-bond acceptors (Lipinski definition) is 3. The largest absolute Gasteiger partial charge is 0.402 e. The Morgan fingerprint density at radius 1 is 1.08 bits per heavy atom. The highest BCUT2D eigenvalue weighted by Gasteiger charge is 2.43. The van der Waals surface area contributed by atoms with Crippen LogP contribution in [0, 0.1) is 5.92 Å². The summed E-state index contributed by atoms with van der Waals surface area (Å²) in [5.41, 5.74) is 7.30. The Balaban J connectivity index is 2.06. The Morgan fingerprint density at radius 3 is 2.27 bits per heavy atom. The van der Waals surface area contributed by atoms with E-state index in [1.165, 1.54) is 0 Å². The number of carbonyl (C=O) groups is 1. The summed E-state index contributed by atoms with van der Waals surface area (Å²) >= 11 is 0. The summed E-state index contributed by atoms with van der Waals surface area (Å²) in [6.07, 6.45) is 5.97. The fraction of sp³-hybridized carbons (Fsp3) is 0.261. The lowest BCUT2D eigenvalue weighted by atomic mass is 9.76. The van der Waals surface area contributed by atoms with Gasteiger partial charge in [0.1, 0.15) is 5.54 Å². The summed E-state index contributed by atoms with van der Waals surface area (Å²) in [5.74, 6) is 0.110. The molecular weight excluding hydrogens is 320 g/mol. The van der Waals surface area contributed by atoms with Gasteiger partial charge in [-0.05, 0) is 25.5 Å². The highest BCUT2D eigenvalue weighted by Crippen LogP contribution is 2.34. The summed E-state index contributed by atoms with van der Waals surface area (Å²) < 4.78 is 0. The molecule has 134 valence electrons. The minimum absolute atomic E-state index is 0.0410. The third-order valence-electron chi connectivity index (χ3n) is 5.49. The summed E-state index contributed by atoms with van der Waals surface area (Å²) in [6, 6.07) is 19.3. The summed E-state index contributed by atoms with van der Waals surface area (Å²) in [5, 5.41) is 3.65. The van der Waals surface area contributed by atoms with Gasteiger partial charge in [0.05, 0.1) is 0 Å². The number of benzene rings is 2. The number of nitrogens with one attached hydrogen (secondary N) is 1. The zero-order valence-corrected chi connectivity index (χ0v) is 15.6. The summed E-state index contributed by atoms with van der Waals surface area (Å²) in [7, 11) is 0. The number of hydrogen-bond donors (Lipinski definition) is 2. The fourth-order valence-corrected chi connectivity index (χ4v) is 3.59. The third-order valence-corrected chi connectivity index (χ3v) is 5.49. The predicted molar refractivity (Wildman–Crippen MR) is 107 cm³/mol. The van der Waals surface area contributed by atoms with Gasteiger partial charge in [-0.2, -0.15) is 0 Å². The highest BCUT2D eigenvalue weighted by atomic mass is 16.1. The number of nitrogens with two attached hydrogens (primary N) is 1. The molecule has 0 heterocycles. The maximum atomic E-state index is 13.5. The molecular formula is C23H26N2O. The first-order valence-electron chi connectivity index (χ1n) is 8.96. The molecule has 3 unspecified atom stereocenters. The van der Waals surface area contributed by atoms with E-state index in [0.29, 0.717) is 5.56 Å². The highest BCUT2D eigenvalue weighted by molar-refractivity contribution is 6.03. The molecule has 0 aromatic heterocycles. The van der Waals surface area contributed by atoms with E-state index in [2.05, 4.69) is 25.2 Å². The molecule has 2 aromatic rings. The molecule has 3 atom stereocenters. The van der Waals surface area contributed by atoms with E-state index in [1.807, 2.05) is 79.7 Å². The van der Waals surface area contributed by atoms with Gasteiger partial charge in [-0.25, -0.2) is 0 Å². The maximum Gasteiger partial charge on any atom is 0.187 e. The zero-order chi connectivity index (χ0) is 18.8. The average Bonchev–Trinajstić information content (AvgIpc) is 2.67. The molecule has 3 rings (SSSR count). The molecule has 3 N–H and O–H groups in total. The van der Waals surface area contributed by atoms with Gasteiger partial charge in [-0.1, -0.05) is 79.7 Å². The van der Waals surface area contributed by atoms with Crippen molar-refractivity contribution in [1.29, 1.82) is 0 Å². The fourth-order valence-electron chi connectivity index (χ4n) is 3.59. The summed E-state index contributed by atoms with van der Waals surface area (Å²) in [4.78, 5) is 13.5. The van der Waals surface area contributed by atoms with E-state index >= 15 is 0 Å². The second-order valence-electron chi connectivity index (χ2n) is 7.34. The van der Waals surface area contributed by atoms with E-state index in [1.54, 1.807) is 0 Å². The minimum Gasteiger partial charge on any atom is -0.402 e. The molecule has 0 saturated heterocycles. The van der Waals surface area contributed by atoms with Crippen molar-refractivity contribution in [2.24, 2.45) is 11.7 Å². The monoisotopic (exact) mass is 346 g/mol. The van der Waals surface area contributed by atoms with Crippen LogP contribution in [-0.4, -0.2) is 11.3 Å². The molecule has 0 amide bonds. The van der Waals surface area contributed by atoms with Crippen molar-refractivity contribution < 1.29 is 4.79 Å². The van der Waals surface area contributed by atoms with Crippen molar-refractivity contribution in [3.8, 4) is 0 Å². The van der Waals surface area contributed by atoms with Crippen LogP contribution in [-0.2, 0) is 5.54 Å². The number of ketones is 1. The Kier molecular flexibility index (Phi) is 4.84. The Morgan fingerprint density at radius 2 is 1.65 bits per heavy atom. The van der Waals surface area contributed by atoms with Crippen LogP contribution < -0.4 is 11.1 Å². The Labute approximate surface area is 155 Å². The lowest BCUT2D eigenvalue weighted by Gasteiger charge is -2.44. The predicted octanol–water partition coefficient (Wildman–Crippen LogP) is 4.18. The molecule has 3 heteroatoms. The first kappa shape index (κ1) is 18.2. The number of rotatable bonds is 5. The lowest BCUT2D eigenvalue weighted by molar-refractivity contribution is 0.0819. The first-order chi connectivity index (χ1) is 12.4. The molecule has 1 aliphatic rings. The van der Waals surface area contributed by atoms with E-state index in [-0.39, 0.29) is 11.7 Å². The second kappa shape index (κ2) is 6.93. The molecule has 0 saturated carbocycles.